The van der Waals surface area contributed by atoms with Crippen LogP contribution in [0.25, 0.3) is 11.1 Å². The molecule has 3 nitrogen and oxygen atoms in total. The Kier molecular flexibility index (Phi) is 5.26. The van der Waals surface area contributed by atoms with Crippen LogP contribution in [0.1, 0.15) is 22.3 Å². The van der Waals surface area contributed by atoms with Gasteiger partial charge in [0.25, 0.3) is 5.91 Å². The van der Waals surface area contributed by atoms with Gasteiger partial charge in [0, 0.05) is 16.2 Å². The van der Waals surface area contributed by atoms with E-state index in [1.54, 1.807) is 17.0 Å². The van der Waals surface area contributed by atoms with Gasteiger partial charge in [0.1, 0.15) is 5.75 Å². The highest BCUT2D eigenvalue weighted by atomic mass is 35.5. The van der Waals surface area contributed by atoms with Gasteiger partial charge in [-0.25, -0.2) is 0 Å². The van der Waals surface area contributed by atoms with Gasteiger partial charge in [-0.05, 0) is 47.0 Å². The van der Waals surface area contributed by atoms with E-state index in [4.69, 9.17) is 11.6 Å². The van der Waals surface area contributed by atoms with Gasteiger partial charge in [0.2, 0.25) is 0 Å². The molecule has 0 radical (unpaired) electrons. The van der Waals surface area contributed by atoms with E-state index in [1.807, 2.05) is 91.0 Å². The Bertz CT molecular complexity index is 1310. The average Bonchev–Trinajstić information content (AvgIpc) is 3.09. The molecule has 0 saturated carbocycles. The maximum absolute atomic E-state index is 13.9. The highest BCUT2D eigenvalue weighted by Gasteiger charge is 2.35. The molecule has 1 aliphatic rings. The number of benzene rings is 4. The highest BCUT2D eigenvalue weighted by molar-refractivity contribution is 6.39. The molecule has 0 atom stereocenters. The molecule has 5 rings (SSSR count). The molecule has 4 aromatic rings. The summed E-state index contributed by atoms with van der Waals surface area (Å²) < 4.78 is 0. The van der Waals surface area contributed by atoms with E-state index in [9.17, 15) is 9.90 Å². The molecule has 1 amide bonds. The fourth-order valence-electron chi connectivity index (χ4n) is 4.14. The number of fused-ring (bicyclic) bond motifs is 1. The van der Waals surface area contributed by atoms with E-state index >= 15 is 0 Å². The fourth-order valence-corrected chi connectivity index (χ4v) is 4.27. The van der Waals surface area contributed by atoms with Crippen molar-refractivity contribution in [2.24, 2.45) is 0 Å². The third-order valence-electron chi connectivity index (χ3n) is 5.65. The first kappa shape index (κ1) is 20.1. The van der Waals surface area contributed by atoms with Crippen molar-refractivity contribution < 1.29 is 9.90 Å². The van der Waals surface area contributed by atoms with Gasteiger partial charge in [-0.1, -0.05) is 84.4 Å². The molecule has 0 saturated heterocycles. The zero-order valence-electron chi connectivity index (χ0n) is 17.2. The van der Waals surface area contributed by atoms with E-state index in [2.05, 4.69) is 0 Å². The van der Waals surface area contributed by atoms with Crippen molar-refractivity contribution in [1.82, 2.24) is 0 Å². The molecule has 32 heavy (non-hydrogen) atoms. The van der Waals surface area contributed by atoms with Crippen molar-refractivity contribution in [1.29, 1.82) is 0 Å². The summed E-state index contributed by atoms with van der Waals surface area (Å²) in [6.45, 7) is 0.419. The van der Waals surface area contributed by atoms with Gasteiger partial charge in [0.15, 0.2) is 0 Å². The number of para-hydroxylation sites is 1. The van der Waals surface area contributed by atoms with Gasteiger partial charge in [-0.15, -0.1) is 0 Å². The van der Waals surface area contributed by atoms with E-state index in [0.717, 1.165) is 33.5 Å². The average molecular weight is 438 g/mol. The molecule has 1 aliphatic heterocycles. The minimum atomic E-state index is -0.0481. The monoisotopic (exact) mass is 437 g/mol. The predicted molar refractivity (Wildman–Crippen MR) is 130 cm³/mol. The molecule has 0 unspecified atom stereocenters. The molecule has 0 spiro atoms. The molecule has 0 fully saturated rings. The maximum atomic E-state index is 13.9. The Morgan fingerprint density at radius 1 is 0.750 bits per heavy atom. The van der Waals surface area contributed by atoms with Crippen molar-refractivity contribution in [3.05, 3.63) is 130 Å². The molecule has 0 aromatic heterocycles. The first-order valence-corrected chi connectivity index (χ1v) is 10.7. The topological polar surface area (TPSA) is 40.5 Å². The Hall–Kier alpha value is -3.82. The number of nitrogens with zero attached hydrogens (tertiary/aromatic N) is 1. The van der Waals surface area contributed by atoms with E-state index < -0.39 is 0 Å². The zero-order valence-corrected chi connectivity index (χ0v) is 18.0. The molecule has 1 heterocycles. The second-order valence-corrected chi connectivity index (χ2v) is 8.13. The fraction of sp³-hybridized carbons (Fsp3) is 0.0357. The number of anilines is 1. The third kappa shape index (κ3) is 3.68. The van der Waals surface area contributed by atoms with Gasteiger partial charge in [-0.2, -0.15) is 0 Å². The summed E-state index contributed by atoms with van der Waals surface area (Å²) in [7, 11) is 0. The van der Waals surface area contributed by atoms with Crippen LogP contribution in [0.2, 0.25) is 5.02 Å². The molecular weight excluding hydrogens is 418 g/mol. The van der Waals surface area contributed by atoms with Crippen LogP contribution in [0, 0.1) is 0 Å². The summed E-state index contributed by atoms with van der Waals surface area (Å²) in [4.78, 5) is 15.7. The second-order valence-electron chi connectivity index (χ2n) is 7.70. The number of carbonyl (C=O) groups excluding carboxylic acids is 1. The largest absolute Gasteiger partial charge is 0.508 e. The lowest BCUT2D eigenvalue weighted by molar-refractivity contribution is -0.113. The van der Waals surface area contributed by atoms with Gasteiger partial charge in [0.05, 0.1) is 17.8 Å². The first-order valence-electron chi connectivity index (χ1n) is 10.4. The molecule has 4 heteroatoms. The normalized spacial score (nSPS) is 14.4. The number of phenols is 1. The first-order chi connectivity index (χ1) is 15.6. The lowest BCUT2D eigenvalue weighted by atomic mass is 9.90. The van der Waals surface area contributed by atoms with Crippen molar-refractivity contribution >= 4 is 34.3 Å². The molecule has 0 aliphatic carbocycles. The number of hydrogen-bond acceptors (Lipinski definition) is 2. The number of hydrogen-bond donors (Lipinski definition) is 1. The van der Waals surface area contributed by atoms with Crippen molar-refractivity contribution in [2.75, 3.05) is 4.90 Å². The number of rotatable bonds is 4. The highest BCUT2D eigenvalue weighted by Crippen LogP contribution is 2.43. The van der Waals surface area contributed by atoms with Crippen LogP contribution in [0.4, 0.5) is 5.69 Å². The molecule has 156 valence electrons. The van der Waals surface area contributed by atoms with Crippen LogP contribution in [0.15, 0.2) is 103 Å². The van der Waals surface area contributed by atoms with Gasteiger partial charge < -0.3 is 10.0 Å². The number of amides is 1. The Balaban J connectivity index is 1.71. The molecule has 0 bridgehead atoms. The second kappa shape index (κ2) is 8.37. The summed E-state index contributed by atoms with van der Waals surface area (Å²) in [5, 5.41) is 10.3. The summed E-state index contributed by atoms with van der Waals surface area (Å²) in [5.41, 5.74) is 6.19. The Morgan fingerprint density at radius 2 is 1.38 bits per heavy atom. The van der Waals surface area contributed by atoms with Crippen LogP contribution >= 0.6 is 11.6 Å². The number of halogens is 1. The van der Waals surface area contributed by atoms with Crippen LogP contribution in [-0.2, 0) is 11.3 Å². The van der Waals surface area contributed by atoms with Gasteiger partial charge in [-0.3, -0.25) is 4.79 Å². The molecular formula is C28H20ClNO2. The molecule has 1 N–H and O–H groups in total. The minimum absolute atomic E-state index is 0.0481. The van der Waals surface area contributed by atoms with Crippen LogP contribution < -0.4 is 4.90 Å². The van der Waals surface area contributed by atoms with Crippen LogP contribution in [-0.4, -0.2) is 11.0 Å². The van der Waals surface area contributed by atoms with Gasteiger partial charge >= 0.3 is 0 Å². The number of phenolic OH excluding ortho intramolecular Hbond substituents is 1. The summed E-state index contributed by atoms with van der Waals surface area (Å²) >= 11 is 6.15. The van der Waals surface area contributed by atoms with Crippen molar-refractivity contribution in [3.8, 4) is 5.75 Å². The molecule has 4 aromatic carbocycles. The number of carbonyl (C=O) groups is 1. The predicted octanol–water partition coefficient (Wildman–Crippen LogP) is 6.55. The number of aromatic hydroxyl groups is 1. The van der Waals surface area contributed by atoms with E-state index in [-0.39, 0.29) is 11.7 Å². The SMILES string of the molecule is O=C1C(=C(c2ccccc2)c2ccc(Cl)cc2)c2ccccc2N1Cc1ccc(O)cc1. The zero-order chi connectivity index (χ0) is 22.1. The lowest BCUT2D eigenvalue weighted by Gasteiger charge is -2.18. The van der Waals surface area contributed by atoms with Crippen molar-refractivity contribution in [2.45, 2.75) is 6.54 Å². The summed E-state index contributed by atoms with van der Waals surface area (Å²) in [5.74, 6) is 0.157. The van der Waals surface area contributed by atoms with E-state index in [0.29, 0.717) is 17.1 Å². The Morgan fingerprint density at radius 3 is 2.09 bits per heavy atom. The standard InChI is InChI=1S/C28H20ClNO2/c29-22-14-12-21(13-15-22)26(20-6-2-1-3-7-20)27-24-8-4-5-9-25(24)30(28(27)32)18-19-10-16-23(31)17-11-19/h1-17,31H,18H2. The van der Waals surface area contributed by atoms with Crippen LogP contribution in [0.5, 0.6) is 5.75 Å². The maximum Gasteiger partial charge on any atom is 0.259 e. The summed E-state index contributed by atoms with van der Waals surface area (Å²) in [6.07, 6.45) is 0. The third-order valence-corrected chi connectivity index (χ3v) is 5.90. The quantitative estimate of drug-likeness (QED) is 0.368. The smallest absolute Gasteiger partial charge is 0.259 e. The van der Waals surface area contributed by atoms with Crippen LogP contribution in [0.3, 0.4) is 0 Å². The minimum Gasteiger partial charge on any atom is -0.508 e. The summed E-state index contributed by atoms with van der Waals surface area (Å²) in [6, 6.07) is 32.4. The lowest BCUT2D eigenvalue weighted by Crippen LogP contribution is -2.26. The van der Waals surface area contributed by atoms with Crippen molar-refractivity contribution in [3.63, 3.8) is 0 Å². The Labute approximate surface area is 191 Å². The van der Waals surface area contributed by atoms with E-state index in [1.165, 1.54) is 0 Å².